The van der Waals surface area contributed by atoms with Crippen molar-refractivity contribution in [3.63, 3.8) is 0 Å². The second-order valence-corrected chi connectivity index (χ2v) is 11.6. The highest BCUT2D eigenvalue weighted by atomic mass is 79.9. The number of ether oxygens (including phenoxy) is 2. The van der Waals surface area contributed by atoms with E-state index in [1.165, 1.54) is 18.2 Å². The van der Waals surface area contributed by atoms with E-state index in [1.54, 1.807) is 42.6 Å². The summed E-state index contributed by atoms with van der Waals surface area (Å²) in [6.07, 6.45) is 6.96. The Morgan fingerprint density at radius 1 is 1.05 bits per heavy atom. The molecular weight excluding hydrogens is 625 g/mol. The molecule has 0 unspecified atom stereocenters. The maximum atomic E-state index is 13.6. The van der Waals surface area contributed by atoms with Gasteiger partial charge in [0.15, 0.2) is 11.5 Å². The Balaban J connectivity index is 1.49. The van der Waals surface area contributed by atoms with Gasteiger partial charge >= 0.3 is 0 Å². The normalized spacial score (nSPS) is 14.3. The number of fused-ring (bicyclic) bond motifs is 1. The van der Waals surface area contributed by atoms with Crippen molar-refractivity contribution in [2.24, 2.45) is 5.10 Å². The highest BCUT2D eigenvalue weighted by molar-refractivity contribution is 9.10. The van der Waals surface area contributed by atoms with Crippen LogP contribution in [0.15, 0.2) is 62.9 Å². The molecule has 3 aromatic carbocycles. The van der Waals surface area contributed by atoms with Crippen LogP contribution in [0.25, 0.3) is 10.9 Å². The van der Waals surface area contributed by atoms with Crippen LogP contribution in [-0.4, -0.2) is 23.0 Å². The molecule has 1 heterocycles. The summed E-state index contributed by atoms with van der Waals surface area (Å²) in [5.41, 5.74) is 1.86. The molecule has 1 aliphatic rings. The van der Waals surface area contributed by atoms with Gasteiger partial charge in [-0.05, 0) is 60.9 Å². The lowest BCUT2D eigenvalue weighted by Gasteiger charge is -2.22. The first-order chi connectivity index (χ1) is 18.8. The summed E-state index contributed by atoms with van der Waals surface area (Å²) in [6, 6.07) is 14.2. The molecule has 1 aromatic heterocycles. The highest BCUT2D eigenvalue weighted by Gasteiger charge is 2.22. The summed E-state index contributed by atoms with van der Waals surface area (Å²) < 4.78 is 13.8. The Labute approximate surface area is 249 Å². The molecule has 0 amide bonds. The zero-order chi connectivity index (χ0) is 27.5. The average molecular weight is 650 g/mol. The van der Waals surface area contributed by atoms with Gasteiger partial charge in [-0.3, -0.25) is 4.79 Å². The molecule has 5 rings (SSSR count). The lowest BCUT2D eigenvalue weighted by molar-refractivity contribution is 0.285. The Bertz CT molecular complexity index is 1620. The van der Waals surface area contributed by atoms with E-state index in [4.69, 9.17) is 49.3 Å². The summed E-state index contributed by atoms with van der Waals surface area (Å²) in [5.74, 6) is 1.66. The van der Waals surface area contributed by atoms with Gasteiger partial charge in [0, 0.05) is 26.0 Å². The van der Waals surface area contributed by atoms with Crippen molar-refractivity contribution >= 4 is 67.9 Å². The molecule has 0 saturated heterocycles. The molecule has 1 aliphatic carbocycles. The van der Waals surface area contributed by atoms with Crippen LogP contribution < -0.4 is 15.0 Å². The third-order valence-electron chi connectivity index (χ3n) is 6.76. The van der Waals surface area contributed by atoms with Crippen LogP contribution in [0, 0.1) is 0 Å². The molecule has 6 nitrogen and oxygen atoms in total. The van der Waals surface area contributed by atoms with Crippen molar-refractivity contribution in [3.05, 3.63) is 95.4 Å². The molecule has 0 spiro atoms. The topological polar surface area (TPSA) is 65.7 Å². The maximum absolute atomic E-state index is 13.6. The second-order valence-electron chi connectivity index (χ2n) is 9.39. The molecule has 10 heteroatoms. The molecule has 0 atom stereocenters. The second kappa shape index (κ2) is 12.3. The van der Waals surface area contributed by atoms with E-state index in [0.29, 0.717) is 48.9 Å². The molecule has 0 aliphatic heterocycles. The van der Waals surface area contributed by atoms with E-state index >= 15 is 0 Å². The largest absolute Gasteiger partial charge is 0.493 e. The fraction of sp³-hybridized carbons (Fsp3) is 0.276. The third-order valence-corrected chi connectivity index (χ3v) is 8.13. The summed E-state index contributed by atoms with van der Waals surface area (Å²) in [4.78, 5) is 18.5. The van der Waals surface area contributed by atoms with Crippen LogP contribution in [0.3, 0.4) is 0 Å². The van der Waals surface area contributed by atoms with Crippen LogP contribution in [0.4, 0.5) is 0 Å². The molecule has 1 fully saturated rings. The fourth-order valence-corrected chi connectivity index (χ4v) is 5.87. The minimum Gasteiger partial charge on any atom is -0.493 e. The van der Waals surface area contributed by atoms with E-state index < -0.39 is 0 Å². The van der Waals surface area contributed by atoms with Gasteiger partial charge < -0.3 is 9.47 Å². The molecule has 4 aromatic rings. The minimum atomic E-state index is -0.212. The van der Waals surface area contributed by atoms with Crippen LogP contribution >= 0.6 is 50.7 Å². The first-order valence-corrected chi connectivity index (χ1v) is 14.5. The highest BCUT2D eigenvalue weighted by Crippen LogP contribution is 2.37. The Kier molecular flexibility index (Phi) is 8.82. The lowest BCUT2D eigenvalue weighted by Crippen LogP contribution is -2.25. The van der Waals surface area contributed by atoms with Gasteiger partial charge in [0.05, 0.1) is 29.2 Å². The van der Waals surface area contributed by atoms with E-state index in [1.807, 2.05) is 12.1 Å². The van der Waals surface area contributed by atoms with Crippen molar-refractivity contribution in [1.82, 2.24) is 9.66 Å². The van der Waals surface area contributed by atoms with Gasteiger partial charge in [-0.2, -0.15) is 9.78 Å². The molecule has 202 valence electrons. The van der Waals surface area contributed by atoms with Crippen molar-refractivity contribution in [2.45, 2.75) is 44.6 Å². The number of nitrogens with zero attached hydrogens (tertiary/aromatic N) is 3. The van der Waals surface area contributed by atoms with Crippen molar-refractivity contribution in [3.8, 4) is 11.5 Å². The van der Waals surface area contributed by atoms with Gasteiger partial charge in [-0.15, -0.1) is 0 Å². The van der Waals surface area contributed by atoms with Crippen LogP contribution in [-0.2, 0) is 6.61 Å². The van der Waals surface area contributed by atoms with Crippen LogP contribution in [0.2, 0.25) is 15.1 Å². The van der Waals surface area contributed by atoms with Gasteiger partial charge in [0.25, 0.3) is 5.56 Å². The zero-order valence-corrected chi connectivity index (χ0v) is 24.9. The van der Waals surface area contributed by atoms with Gasteiger partial charge in [0.1, 0.15) is 12.4 Å². The Morgan fingerprint density at radius 2 is 1.85 bits per heavy atom. The number of benzene rings is 3. The maximum Gasteiger partial charge on any atom is 0.282 e. The molecular formula is C29H25BrCl3N3O3. The standard InChI is InChI=1S/C29H25BrCl3N3O3/c1-38-26-12-17(11-24(33)27(26)39-16-19-7-9-21(31)14-23(19)32)15-34-36-28(18-5-3-2-4-6-18)35-25-10-8-20(30)13-22(25)29(36)37/h7-15,18H,2-6,16H2,1H3. The summed E-state index contributed by atoms with van der Waals surface area (Å²) >= 11 is 22.3. The number of aromatic nitrogens is 2. The lowest BCUT2D eigenvalue weighted by atomic mass is 9.88. The SMILES string of the molecule is COc1cc(C=Nn2c(C3CCCCC3)nc3ccc(Br)cc3c2=O)cc(Cl)c1OCc1ccc(Cl)cc1Cl. The summed E-state index contributed by atoms with van der Waals surface area (Å²) in [5, 5.41) is 6.48. The molecule has 39 heavy (non-hydrogen) atoms. The van der Waals surface area contributed by atoms with Crippen molar-refractivity contribution in [2.75, 3.05) is 7.11 Å². The number of halogens is 4. The molecule has 0 bridgehead atoms. The van der Waals surface area contributed by atoms with Gasteiger partial charge in [-0.1, -0.05) is 76.1 Å². The smallest absolute Gasteiger partial charge is 0.282 e. The minimum absolute atomic E-state index is 0.172. The van der Waals surface area contributed by atoms with Crippen LogP contribution in [0.1, 0.15) is 55.0 Å². The van der Waals surface area contributed by atoms with E-state index in [-0.39, 0.29) is 18.1 Å². The van der Waals surface area contributed by atoms with Crippen LogP contribution in [0.5, 0.6) is 11.5 Å². The zero-order valence-electron chi connectivity index (χ0n) is 21.1. The first kappa shape index (κ1) is 28.0. The monoisotopic (exact) mass is 647 g/mol. The Morgan fingerprint density at radius 3 is 2.59 bits per heavy atom. The van der Waals surface area contributed by atoms with Crippen molar-refractivity contribution < 1.29 is 9.47 Å². The summed E-state index contributed by atoms with van der Waals surface area (Å²) in [7, 11) is 1.53. The predicted molar refractivity (Wildman–Crippen MR) is 161 cm³/mol. The van der Waals surface area contributed by atoms with Gasteiger partial charge in [-0.25, -0.2) is 4.98 Å². The predicted octanol–water partition coefficient (Wildman–Crippen LogP) is 8.64. The molecule has 1 saturated carbocycles. The molecule has 0 radical (unpaired) electrons. The number of methoxy groups -OCH3 is 1. The van der Waals surface area contributed by atoms with E-state index in [9.17, 15) is 4.79 Å². The Hall–Kier alpha value is -2.58. The number of hydrogen-bond donors (Lipinski definition) is 0. The van der Waals surface area contributed by atoms with Gasteiger partial charge in [0.2, 0.25) is 0 Å². The quantitative estimate of drug-likeness (QED) is 0.188. The third kappa shape index (κ3) is 6.27. The fourth-order valence-electron chi connectivity index (χ4n) is 4.77. The number of hydrogen-bond acceptors (Lipinski definition) is 5. The average Bonchev–Trinajstić information content (AvgIpc) is 2.93. The molecule has 0 N–H and O–H groups in total. The summed E-state index contributed by atoms with van der Waals surface area (Å²) in [6.45, 7) is 0.179. The van der Waals surface area contributed by atoms with E-state index in [2.05, 4.69) is 21.0 Å². The van der Waals surface area contributed by atoms with E-state index in [0.717, 1.165) is 35.7 Å². The number of rotatable bonds is 7. The first-order valence-electron chi connectivity index (χ1n) is 12.5. The van der Waals surface area contributed by atoms with Crippen molar-refractivity contribution in [1.29, 1.82) is 0 Å².